The quantitative estimate of drug-likeness (QED) is 0.932. The lowest BCUT2D eigenvalue weighted by Gasteiger charge is -2.31. The van der Waals surface area contributed by atoms with E-state index < -0.39 is 0 Å². The zero-order valence-corrected chi connectivity index (χ0v) is 13.5. The van der Waals surface area contributed by atoms with E-state index in [0.717, 1.165) is 30.8 Å². The zero-order chi connectivity index (χ0) is 16.2. The van der Waals surface area contributed by atoms with Crippen molar-refractivity contribution in [1.29, 1.82) is 0 Å². The number of nitrogens with one attached hydrogen (secondary N) is 1. The van der Waals surface area contributed by atoms with Gasteiger partial charge in [0.15, 0.2) is 0 Å². The van der Waals surface area contributed by atoms with Crippen LogP contribution in [-0.2, 0) is 11.3 Å². The lowest BCUT2D eigenvalue weighted by molar-refractivity contribution is 0.157. The van der Waals surface area contributed by atoms with Crippen LogP contribution in [0.5, 0.6) is 0 Å². The van der Waals surface area contributed by atoms with Gasteiger partial charge in [0, 0.05) is 25.3 Å². The van der Waals surface area contributed by atoms with Crippen molar-refractivity contribution in [3.05, 3.63) is 29.8 Å². The van der Waals surface area contributed by atoms with E-state index in [-0.39, 0.29) is 12.1 Å². The van der Waals surface area contributed by atoms with Gasteiger partial charge in [0.2, 0.25) is 0 Å². The first kappa shape index (κ1) is 15.6. The fourth-order valence-corrected chi connectivity index (χ4v) is 3.11. The Bertz CT molecular complexity index is 590. The molecule has 0 aromatic heterocycles. The predicted octanol–water partition coefficient (Wildman–Crippen LogP) is 2.90. The Balaban J connectivity index is 1.60. The average molecular weight is 317 g/mol. The van der Waals surface area contributed by atoms with Gasteiger partial charge >= 0.3 is 12.1 Å². The van der Waals surface area contributed by atoms with Crippen LogP contribution in [0.4, 0.5) is 15.3 Å². The van der Waals surface area contributed by atoms with Crippen molar-refractivity contribution >= 4 is 17.8 Å². The standard InChI is InChI=1S/C17H23N3O3/c1-13-4-3-7-19(11-13)16(21)18-15-6-2-5-14(10-15)12-20-8-9-23-17(20)22/h2,5-6,10,13H,3-4,7-9,11-12H2,1H3,(H,18,21). The van der Waals surface area contributed by atoms with Crippen molar-refractivity contribution in [2.75, 3.05) is 31.6 Å². The molecule has 2 fully saturated rings. The van der Waals surface area contributed by atoms with Gasteiger partial charge in [0.1, 0.15) is 6.61 Å². The van der Waals surface area contributed by atoms with E-state index in [9.17, 15) is 9.59 Å². The summed E-state index contributed by atoms with van der Waals surface area (Å²) in [7, 11) is 0. The van der Waals surface area contributed by atoms with E-state index in [1.807, 2.05) is 29.2 Å². The molecule has 1 aromatic carbocycles. The maximum Gasteiger partial charge on any atom is 0.410 e. The third-order valence-electron chi connectivity index (χ3n) is 4.34. The Labute approximate surface area is 136 Å². The van der Waals surface area contributed by atoms with Crippen LogP contribution in [0, 0.1) is 5.92 Å². The van der Waals surface area contributed by atoms with Crippen molar-refractivity contribution in [3.63, 3.8) is 0 Å². The number of urea groups is 1. The molecule has 0 aliphatic carbocycles. The summed E-state index contributed by atoms with van der Waals surface area (Å²) in [5, 5.41) is 2.96. The van der Waals surface area contributed by atoms with Crippen molar-refractivity contribution in [2.45, 2.75) is 26.3 Å². The summed E-state index contributed by atoms with van der Waals surface area (Å²) >= 11 is 0. The maximum atomic E-state index is 12.4. The highest BCUT2D eigenvalue weighted by atomic mass is 16.6. The lowest BCUT2D eigenvalue weighted by Crippen LogP contribution is -2.41. The van der Waals surface area contributed by atoms with Crippen LogP contribution in [0.15, 0.2) is 24.3 Å². The number of amides is 3. The minimum absolute atomic E-state index is 0.0470. The van der Waals surface area contributed by atoms with Gasteiger partial charge in [-0.05, 0) is 36.5 Å². The molecule has 3 rings (SSSR count). The van der Waals surface area contributed by atoms with Crippen LogP contribution in [0.2, 0.25) is 0 Å². The number of benzene rings is 1. The average Bonchev–Trinajstić information content (AvgIpc) is 2.93. The monoisotopic (exact) mass is 317 g/mol. The van der Waals surface area contributed by atoms with Gasteiger partial charge in [0.05, 0.1) is 6.54 Å². The van der Waals surface area contributed by atoms with Gasteiger partial charge < -0.3 is 19.9 Å². The highest BCUT2D eigenvalue weighted by Gasteiger charge is 2.23. The van der Waals surface area contributed by atoms with Gasteiger partial charge in [-0.25, -0.2) is 9.59 Å². The number of cyclic esters (lactones) is 1. The molecule has 2 saturated heterocycles. The molecule has 2 aliphatic rings. The number of hydrogen-bond acceptors (Lipinski definition) is 3. The first-order valence-electron chi connectivity index (χ1n) is 8.18. The van der Waals surface area contributed by atoms with Crippen molar-refractivity contribution in [3.8, 4) is 0 Å². The van der Waals surface area contributed by atoms with E-state index in [1.54, 1.807) is 4.90 Å². The second kappa shape index (κ2) is 6.89. The van der Waals surface area contributed by atoms with E-state index in [1.165, 1.54) is 6.42 Å². The van der Waals surface area contributed by atoms with Gasteiger partial charge in [0.25, 0.3) is 0 Å². The predicted molar refractivity (Wildman–Crippen MR) is 87.2 cm³/mol. The van der Waals surface area contributed by atoms with Crippen LogP contribution >= 0.6 is 0 Å². The number of carbonyl (C=O) groups excluding carboxylic acids is 2. The van der Waals surface area contributed by atoms with Gasteiger partial charge in [-0.3, -0.25) is 0 Å². The number of nitrogens with zero attached hydrogens (tertiary/aromatic N) is 2. The summed E-state index contributed by atoms with van der Waals surface area (Å²) in [6.07, 6.45) is 1.97. The van der Waals surface area contributed by atoms with Gasteiger partial charge in [-0.1, -0.05) is 19.1 Å². The van der Waals surface area contributed by atoms with Gasteiger partial charge in [-0.2, -0.15) is 0 Å². The first-order chi connectivity index (χ1) is 11.1. The van der Waals surface area contributed by atoms with E-state index in [0.29, 0.717) is 25.6 Å². The summed E-state index contributed by atoms with van der Waals surface area (Å²) in [5.41, 5.74) is 1.74. The number of carbonyl (C=O) groups is 2. The third-order valence-corrected chi connectivity index (χ3v) is 4.34. The Hall–Kier alpha value is -2.24. The number of anilines is 1. The molecule has 2 aliphatic heterocycles. The molecule has 124 valence electrons. The molecular formula is C17H23N3O3. The van der Waals surface area contributed by atoms with Crippen LogP contribution in [0.25, 0.3) is 0 Å². The largest absolute Gasteiger partial charge is 0.448 e. The normalized spacial score (nSPS) is 21.3. The van der Waals surface area contributed by atoms with E-state index >= 15 is 0 Å². The summed E-state index contributed by atoms with van der Waals surface area (Å²) < 4.78 is 4.93. The molecule has 1 aromatic rings. The fourth-order valence-electron chi connectivity index (χ4n) is 3.11. The maximum absolute atomic E-state index is 12.4. The lowest BCUT2D eigenvalue weighted by atomic mass is 10.0. The summed E-state index contributed by atoms with van der Waals surface area (Å²) in [4.78, 5) is 27.4. The summed E-state index contributed by atoms with van der Waals surface area (Å²) in [6, 6.07) is 7.58. The number of piperidine rings is 1. The third kappa shape index (κ3) is 3.94. The molecule has 0 spiro atoms. The second-order valence-electron chi connectivity index (χ2n) is 6.36. The topological polar surface area (TPSA) is 61.9 Å². The van der Waals surface area contributed by atoms with Crippen molar-refractivity contribution in [2.24, 2.45) is 5.92 Å². The Morgan fingerprint density at radius 2 is 2.26 bits per heavy atom. The molecular weight excluding hydrogens is 294 g/mol. The molecule has 1 atom stereocenters. The molecule has 3 amide bonds. The number of hydrogen-bond donors (Lipinski definition) is 1. The fraction of sp³-hybridized carbons (Fsp3) is 0.529. The highest BCUT2D eigenvalue weighted by Crippen LogP contribution is 2.18. The van der Waals surface area contributed by atoms with E-state index in [4.69, 9.17) is 4.74 Å². The molecule has 6 heteroatoms. The highest BCUT2D eigenvalue weighted by molar-refractivity contribution is 5.89. The number of ether oxygens (including phenoxy) is 1. The van der Waals surface area contributed by atoms with Crippen molar-refractivity contribution in [1.82, 2.24) is 9.80 Å². The second-order valence-corrected chi connectivity index (χ2v) is 6.36. The molecule has 2 heterocycles. The Morgan fingerprint density at radius 3 is 3.00 bits per heavy atom. The SMILES string of the molecule is CC1CCCN(C(=O)Nc2cccc(CN3CCOC3=O)c2)C1. The Kier molecular flexibility index (Phi) is 4.69. The molecule has 6 nitrogen and oxygen atoms in total. The van der Waals surface area contributed by atoms with Crippen LogP contribution in [0.3, 0.4) is 0 Å². The van der Waals surface area contributed by atoms with Crippen molar-refractivity contribution < 1.29 is 14.3 Å². The van der Waals surface area contributed by atoms with Crippen LogP contribution < -0.4 is 5.32 Å². The minimum atomic E-state index is -0.276. The molecule has 1 unspecified atom stereocenters. The molecule has 0 saturated carbocycles. The number of likely N-dealkylation sites (tertiary alicyclic amines) is 1. The molecule has 1 N–H and O–H groups in total. The van der Waals surface area contributed by atoms with Crippen LogP contribution in [0.1, 0.15) is 25.3 Å². The molecule has 0 radical (unpaired) electrons. The van der Waals surface area contributed by atoms with Gasteiger partial charge in [-0.15, -0.1) is 0 Å². The smallest absolute Gasteiger partial charge is 0.410 e. The summed E-state index contributed by atoms with van der Waals surface area (Å²) in [6.45, 7) is 5.36. The first-order valence-corrected chi connectivity index (χ1v) is 8.18. The summed E-state index contributed by atoms with van der Waals surface area (Å²) in [5.74, 6) is 0.557. The Morgan fingerprint density at radius 1 is 1.39 bits per heavy atom. The zero-order valence-electron chi connectivity index (χ0n) is 13.5. The van der Waals surface area contributed by atoms with E-state index in [2.05, 4.69) is 12.2 Å². The molecule has 0 bridgehead atoms. The number of rotatable bonds is 3. The molecule has 23 heavy (non-hydrogen) atoms. The minimum Gasteiger partial charge on any atom is -0.448 e. The van der Waals surface area contributed by atoms with Crippen LogP contribution in [-0.4, -0.2) is 48.2 Å².